The number of fused-ring (bicyclic) bond motifs is 1. The molecule has 0 unspecified atom stereocenters. The predicted molar refractivity (Wildman–Crippen MR) is 106 cm³/mol. The van der Waals surface area contributed by atoms with E-state index in [1.54, 1.807) is 13.0 Å². The molecule has 2 heterocycles. The minimum Gasteiger partial charge on any atom is -0.365 e. The van der Waals surface area contributed by atoms with Crippen LogP contribution in [0.5, 0.6) is 0 Å². The van der Waals surface area contributed by atoms with Crippen LogP contribution in [0.1, 0.15) is 38.8 Å². The predicted octanol–water partition coefficient (Wildman–Crippen LogP) is 5.03. The number of anilines is 1. The first kappa shape index (κ1) is 18.1. The Kier molecular flexibility index (Phi) is 4.50. The molecule has 25 heavy (non-hydrogen) atoms. The van der Waals surface area contributed by atoms with Crippen LogP contribution < -0.4 is 4.90 Å². The zero-order valence-corrected chi connectivity index (χ0v) is 16.6. The molecule has 132 valence electrons. The third-order valence-corrected chi connectivity index (χ3v) is 6.05. The molecule has 1 aromatic rings. The highest BCUT2D eigenvalue weighted by atomic mass is 35.5. The summed E-state index contributed by atoms with van der Waals surface area (Å²) in [4.78, 5) is 28.0. The molecule has 0 aliphatic carbocycles. The molecular weight excluding hydrogens is 356 g/mol. The van der Waals surface area contributed by atoms with Gasteiger partial charge >= 0.3 is 0 Å². The lowest BCUT2D eigenvalue weighted by Crippen LogP contribution is -2.42. The van der Waals surface area contributed by atoms with Gasteiger partial charge in [0, 0.05) is 29.9 Å². The van der Waals surface area contributed by atoms with Crippen molar-refractivity contribution in [3.8, 4) is 0 Å². The summed E-state index contributed by atoms with van der Waals surface area (Å²) >= 11 is 7.45. The quantitative estimate of drug-likeness (QED) is 0.679. The Morgan fingerprint density at radius 1 is 1.28 bits per heavy atom. The van der Waals surface area contributed by atoms with E-state index < -0.39 is 0 Å². The minimum atomic E-state index is -0.253. The Labute approximate surface area is 157 Å². The van der Waals surface area contributed by atoms with Gasteiger partial charge in [-0.05, 0) is 68.8 Å². The molecule has 1 fully saturated rings. The number of carbonyl (C=O) groups is 2. The van der Waals surface area contributed by atoms with Crippen LogP contribution in [0.2, 0.25) is 5.02 Å². The Hall–Kier alpha value is -1.72. The average Bonchev–Trinajstić information content (AvgIpc) is 2.79. The van der Waals surface area contributed by atoms with Gasteiger partial charge < -0.3 is 4.90 Å². The zero-order valence-electron chi connectivity index (χ0n) is 15.0. The fraction of sp³-hybridized carbons (Fsp3) is 0.368. The van der Waals surface area contributed by atoms with Crippen molar-refractivity contribution < 1.29 is 9.59 Å². The number of hydrogen-bond donors (Lipinski definition) is 0. The van der Waals surface area contributed by atoms with Gasteiger partial charge in [0.25, 0.3) is 11.1 Å². The van der Waals surface area contributed by atoms with Crippen LogP contribution in [0.4, 0.5) is 10.5 Å². The lowest BCUT2D eigenvalue weighted by atomic mass is 9.88. The van der Waals surface area contributed by atoms with Crippen molar-refractivity contribution >= 4 is 51.8 Å². The molecule has 6 heteroatoms. The molecule has 1 aromatic carbocycles. The number of halogens is 1. The Bertz CT molecular complexity index is 842. The Balaban J connectivity index is 2.07. The number of benzene rings is 1. The second-order valence-electron chi connectivity index (χ2n) is 6.86. The third-order valence-electron chi connectivity index (χ3n) is 4.81. The lowest BCUT2D eigenvalue weighted by molar-refractivity contribution is -0.122. The Morgan fingerprint density at radius 3 is 2.56 bits per heavy atom. The molecule has 0 spiro atoms. The number of likely N-dealkylation sites (N-methyl/N-ethyl adjacent to an activating group) is 2. The highest BCUT2D eigenvalue weighted by Crippen LogP contribution is 2.41. The summed E-state index contributed by atoms with van der Waals surface area (Å²) in [7, 11) is 2.05. The molecule has 4 nitrogen and oxygen atoms in total. The first-order chi connectivity index (χ1) is 11.7. The molecule has 2 aliphatic rings. The van der Waals surface area contributed by atoms with E-state index in [9.17, 15) is 9.59 Å². The van der Waals surface area contributed by atoms with Gasteiger partial charge in [-0.2, -0.15) is 0 Å². The summed E-state index contributed by atoms with van der Waals surface area (Å²) in [5.41, 5.74) is 3.99. The van der Waals surface area contributed by atoms with Gasteiger partial charge in [0.15, 0.2) is 0 Å². The molecule has 2 amide bonds. The van der Waals surface area contributed by atoms with E-state index in [0.29, 0.717) is 16.5 Å². The van der Waals surface area contributed by atoms with Crippen molar-refractivity contribution in [3.63, 3.8) is 0 Å². The molecule has 2 aliphatic heterocycles. The van der Waals surface area contributed by atoms with Crippen LogP contribution in [0.25, 0.3) is 11.6 Å². The smallest absolute Gasteiger partial charge is 0.293 e. The summed E-state index contributed by atoms with van der Waals surface area (Å²) in [5.74, 6) is -0.253. The van der Waals surface area contributed by atoms with Gasteiger partial charge in [0.1, 0.15) is 0 Å². The van der Waals surface area contributed by atoms with E-state index in [2.05, 4.69) is 31.7 Å². The van der Waals surface area contributed by atoms with Crippen LogP contribution in [-0.2, 0) is 4.79 Å². The fourth-order valence-electron chi connectivity index (χ4n) is 3.21. The van der Waals surface area contributed by atoms with Gasteiger partial charge in [-0.3, -0.25) is 14.5 Å². The molecule has 0 saturated carbocycles. The Morgan fingerprint density at radius 2 is 1.96 bits per heavy atom. The number of carbonyl (C=O) groups excluding carboxylic acids is 2. The maximum absolute atomic E-state index is 12.3. The summed E-state index contributed by atoms with van der Waals surface area (Å²) in [6.45, 7) is 8.55. The van der Waals surface area contributed by atoms with Crippen LogP contribution >= 0.6 is 23.4 Å². The maximum atomic E-state index is 12.3. The van der Waals surface area contributed by atoms with E-state index in [1.165, 1.54) is 10.5 Å². The molecule has 0 atom stereocenters. The topological polar surface area (TPSA) is 40.6 Å². The lowest BCUT2D eigenvalue weighted by Gasteiger charge is -2.40. The maximum Gasteiger partial charge on any atom is 0.293 e. The summed E-state index contributed by atoms with van der Waals surface area (Å²) in [6, 6.07) is 3.93. The van der Waals surface area contributed by atoms with Crippen LogP contribution in [0.3, 0.4) is 0 Å². The first-order valence-electron chi connectivity index (χ1n) is 8.18. The van der Waals surface area contributed by atoms with Gasteiger partial charge in [-0.25, -0.2) is 0 Å². The largest absolute Gasteiger partial charge is 0.365 e. The first-order valence-corrected chi connectivity index (χ1v) is 9.37. The summed E-state index contributed by atoms with van der Waals surface area (Å²) < 4.78 is 0. The number of thioether (sulfide) groups is 1. The highest BCUT2D eigenvalue weighted by Gasteiger charge is 2.34. The van der Waals surface area contributed by atoms with Crippen molar-refractivity contribution in [2.75, 3.05) is 18.5 Å². The normalized spacial score (nSPS) is 21.0. The SMILES string of the molecule is CCN1C(=O)S/C(=C/c2cc3c(cc2Cl)N(C)C(C)(C)C=C3C)C1=O. The van der Waals surface area contributed by atoms with E-state index >= 15 is 0 Å². The fourth-order valence-corrected chi connectivity index (χ4v) is 4.32. The number of hydrogen-bond acceptors (Lipinski definition) is 4. The highest BCUT2D eigenvalue weighted by molar-refractivity contribution is 8.18. The minimum absolute atomic E-state index is 0.0916. The van der Waals surface area contributed by atoms with E-state index in [1.807, 2.05) is 19.2 Å². The molecular formula is C19H21ClN2O2S. The van der Waals surface area contributed by atoms with Crippen molar-refractivity contribution in [2.45, 2.75) is 33.2 Å². The van der Waals surface area contributed by atoms with Crippen LogP contribution in [0, 0.1) is 0 Å². The van der Waals surface area contributed by atoms with Crippen molar-refractivity contribution in [3.05, 3.63) is 39.3 Å². The molecule has 0 radical (unpaired) electrons. The molecule has 0 bridgehead atoms. The number of rotatable bonds is 2. The van der Waals surface area contributed by atoms with E-state index in [0.717, 1.165) is 28.6 Å². The third kappa shape index (κ3) is 3.00. The molecule has 0 aromatic heterocycles. The number of nitrogens with zero attached hydrogens (tertiary/aromatic N) is 2. The van der Waals surface area contributed by atoms with Crippen molar-refractivity contribution in [1.29, 1.82) is 0 Å². The van der Waals surface area contributed by atoms with Crippen molar-refractivity contribution in [1.82, 2.24) is 4.90 Å². The van der Waals surface area contributed by atoms with Crippen LogP contribution in [-0.4, -0.2) is 35.2 Å². The number of imide groups is 1. The summed E-state index contributed by atoms with van der Waals surface area (Å²) in [5, 5.41) is 0.338. The van der Waals surface area contributed by atoms with Crippen molar-refractivity contribution in [2.24, 2.45) is 0 Å². The van der Waals surface area contributed by atoms with E-state index in [-0.39, 0.29) is 16.7 Å². The van der Waals surface area contributed by atoms with Gasteiger partial charge in [0.05, 0.1) is 10.4 Å². The molecule has 0 N–H and O–H groups in total. The standard InChI is InChI=1S/C19H21ClN2O2S/c1-6-22-17(23)16(25-18(22)24)8-12-7-13-11(2)10-19(3,4)21(5)15(13)9-14(12)20/h7-10H,6H2,1-5H3/b16-8+. The molecule has 3 rings (SSSR count). The van der Waals surface area contributed by atoms with Gasteiger partial charge in [-0.1, -0.05) is 17.7 Å². The van der Waals surface area contributed by atoms with Crippen LogP contribution in [0.15, 0.2) is 23.1 Å². The zero-order chi connectivity index (χ0) is 18.5. The monoisotopic (exact) mass is 376 g/mol. The number of amides is 2. The number of allylic oxidation sites excluding steroid dienone is 1. The summed E-state index contributed by atoms with van der Waals surface area (Å²) in [6.07, 6.45) is 3.94. The average molecular weight is 377 g/mol. The van der Waals surface area contributed by atoms with Gasteiger partial charge in [0.2, 0.25) is 0 Å². The second kappa shape index (κ2) is 6.22. The second-order valence-corrected chi connectivity index (χ2v) is 8.26. The molecule has 1 saturated heterocycles. The van der Waals surface area contributed by atoms with E-state index in [4.69, 9.17) is 11.6 Å². The van der Waals surface area contributed by atoms with Gasteiger partial charge in [-0.15, -0.1) is 0 Å².